The van der Waals surface area contributed by atoms with E-state index in [0.29, 0.717) is 19.5 Å². The number of benzene rings is 2. The van der Waals surface area contributed by atoms with Crippen LogP contribution in [0.5, 0.6) is 0 Å². The molecule has 4 aromatic rings. The first kappa shape index (κ1) is 20.5. The van der Waals surface area contributed by atoms with E-state index in [-0.39, 0.29) is 17.2 Å². The van der Waals surface area contributed by atoms with Crippen LogP contribution in [-0.2, 0) is 4.79 Å². The number of rotatable bonds is 5. The van der Waals surface area contributed by atoms with Crippen molar-refractivity contribution in [1.29, 1.82) is 0 Å². The van der Waals surface area contributed by atoms with E-state index >= 15 is 0 Å². The number of fused-ring (bicyclic) bond motifs is 1. The molecule has 9 heteroatoms. The number of thiazole rings is 1. The number of aromatic amines is 1. The lowest BCUT2D eigenvalue weighted by Gasteiger charge is -2.08. The summed E-state index contributed by atoms with van der Waals surface area (Å²) in [4.78, 5) is 32.2. The molecule has 2 N–H and O–H groups in total. The second kappa shape index (κ2) is 8.55. The number of nitrogens with one attached hydrogen (secondary N) is 2. The SMILES string of the molecule is Cc1cc(C)cc(NC(=O)CSc2nc3c(sc(=S)n3-c3ccccc3)c(=O)[nH]2)c1. The molecule has 0 aliphatic carbocycles. The summed E-state index contributed by atoms with van der Waals surface area (Å²) in [6.07, 6.45) is 0. The fraction of sp³-hybridized carbons (Fsp3) is 0.143. The number of anilines is 1. The average molecular weight is 455 g/mol. The predicted molar refractivity (Wildman–Crippen MR) is 126 cm³/mol. The van der Waals surface area contributed by atoms with E-state index < -0.39 is 0 Å². The van der Waals surface area contributed by atoms with E-state index in [2.05, 4.69) is 15.3 Å². The second-order valence-electron chi connectivity index (χ2n) is 6.78. The van der Waals surface area contributed by atoms with Crippen LogP contribution in [0.1, 0.15) is 11.1 Å². The molecule has 2 aromatic heterocycles. The van der Waals surface area contributed by atoms with Crippen molar-refractivity contribution in [2.24, 2.45) is 0 Å². The quantitative estimate of drug-likeness (QED) is 0.256. The van der Waals surface area contributed by atoms with E-state index in [0.717, 1.165) is 22.5 Å². The molecule has 0 aliphatic rings. The standard InChI is InChI=1S/C21H18N4O2S3/c1-12-8-13(2)10-14(9-12)22-16(26)11-29-20-23-18-17(19(27)24-20)30-21(28)25(18)15-6-4-3-5-7-15/h3-10H,11H2,1-2H3,(H,22,26)(H,23,24,27). The molecular formula is C21H18N4O2S3. The lowest BCUT2D eigenvalue weighted by Crippen LogP contribution is -2.15. The Morgan fingerprint density at radius 3 is 2.60 bits per heavy atom. The van der Waals surface area contributed by atoms with Gasteiger partial charge in [-0.2, -0.15) is 0 Å². The molecule has 2 heterocycles. The zero-order chi connectivity index (χ0) is 21.3. The zero-order valence-electron chi connectivity index (χ0n) is 16.3. The Labute approximate surface area is 186 Å². The van der Waals surface area contributed by atoms with E-state index in [4.69, 9.17) is 12.2 Å². The number of thioether (sulfide) groups is 1. The third kappa shape index (κ3) is 4.38. The van der Waals surface area contributed by atoms with Crippen LogP contribution in [0.2, 0.25) is 0 Å². The molecule has 30 heavy (non-hydrogen) atoms. The molecule has 1 amide bonds. The zero-order valence-corrected chi connectivity index (χ0v) is 18.7. The maximum Gasteiger partial charge on any atom is 0.271 e. The highest BCUT2D eigenvalue weighted by molar-refractivity contribution is 7.99. The molecule has 152 valence electrons. The maximum absolute atomic E-state index is 12.5. The molecule has 0 radical (unpaired) electrons. The van der Waals surface area contributed by atoms with Gasteiger partial charge in [-0.3, -0.25) is 14.2 Å². The summed E-state index contributed by atoms with van der Waals surface area (Å²) in [5.74, 6) is -0.0459. The van der Waals surface area contributed by atoms with Crippen LogP contribution < -0.4 is 10.9 Å². The van der Waals surface area contributed by atoms with Crippen LogP contribution in [-0.4, -0.2) is 26.2 Å². The van der Waals surface area contributed by atoms with Gasteiger partial charge in [-0.05, 0) is 61.5 Å². The minimum absolute atomic E-state index is 0.123. The van der Waals surface area contributed by atoms with Gasteiger partial charge in [0.25, 0.3) is 5.56 Å². The first-order valence-electron chi connectivity index (χ1n) is 9.13. The van der Waals surface area contributed by atoms with E-state index in [1.165, 1.54) is 23.1 Å². The van der Waals surface area contributed by atoms with Gasteiger partial charge in [-0.1, -0.05) is 47.4 Å². The van der Waals surface area contributed by atoms with E-state index in [1.807, 2.05) is 62.4 Å². The van der Waals surface area contributed by atoms with Crippen LogP contribution >= 0.6 is 35.3 Å². The lowest BCUT2D eigenvalue weighted by molar-refractivity contribution is -0.113. The summed E-state index contributed by atoms with van der Waals surface area (Å²) in [6, 6.07) is 15.4. The molecule has 6 nitrogen and oxygen atoms in total. The third-order valence-electron chi connectivity index (χ3n) is 4.28. The summed E-state index contributed by atoms with van der Waals surface area (Å²) >= 11 is 7.85. The minimum atomic E-state index is -0.261. The van der Waals surface area contributed by atoms with Crippen LogP contribution in [0.4, 0.5) is 5.69 Å². The highest BCUT2D eigenvalue weighted by atomic mass is 32.2. The number of aryl methyl sites for hydroxylation is 2. The van der Waals surface area contributed by atoms with Crippen molar-refractivity contribution < 1.29 is 4.79 Å². The van der Waals surface area contributed by atoms with Gasteiger partial charge in [0.2, 0.25) is 5.91 Å². The van der Waals surface area contributed by atoms with Gasteiger partial charge in [0, 0.05) is 11.4 Å². The third-order valence-corrected chi connectivity index (χ3v) is 6.52. The van der Waals surface area contributed by atoms with Crippen molar-refractivity contribution >= 4 is 57.3 Å². The molecule has 0 spiro atoms. The Balaban J connectivity index is 1.58. The van der Waals surface area contributed by atoms with Crippen LogP contribution in [0.25, 0.3) is 16.0 Å². The van der Waals surface area contributed by atoms with Crippen molar-refractivity contribution in [1.82, 2.24) is 14.5 Å². The highest BCUT2D eigenvalue weighted by Gasteiger charge is 2.14. The molecule has 0 saturated carbocycles. The normalized spacial score (nSPS) is 11.0. The summed E-state index contributed by atoms with van der Waals surface area (Å²) in [7, 11) is 0. The number of H-pyrrole nitrogens is 1. The molecule has 2 aromatic carbocycles. The summed E-state index contributed by atoms with van der Waals surface area (Å²) in [5, 5.41) is 3.26. The Hall–Kier alpha value is -2.75. The van der Waals surface area contributed by atoms with Gasteiger partial charge in [0.15, 0.2) is 14.8 Å². The lowest BCUT2D eigenvalue weighted by atomic mass is 10.1. The van der Waals surface area contributed by atoms with Gasteiger partial charge in [0.1, 0.15) is 4.70 Å². The number of carbonyl (C=O) groups excluding carboxylic acids is 1. The van der Waals surface area contributed by atoms with Crippen molar-refractivity contribution in [2.45, 2.75) is 19.0 Å². The molecule has 4 rings (SSSR count). The Morgan fingerprint density at radius 2 is 1.90 bits per heavy atom. The van der Waals surface area contributed by atoms with Crippen molar-refractivity contribution in [3.05, 3.63) is 74.0 Å². The molecule has 0 saturated heterocycles. The Morgan fingerprint density at radius 1 is 1.20 bits per heavy atom. The second-order valence-corrected chi connectivity index (χ2v) is 9.38. The Bertz CT molecular complexity index is 1340. The minimum Gasteiger partial charge on any atom is -0.325 e. The van der Waals surface area contributed by atoms with Gasteiger partial charge >= 0.3 is 0 Å². The summed E-state index contributed by atoms with van der Waals surface area (Å²) < 4.78 is 2.79. The fourth-order valence-corrected chi connectivity index (χ4v) is 5.07. The number of hydrogen-bond acceptors (Lipinski definition) is 6. The van der Waals surface area contributed by atoms with E-state index in [9.17, 15) is 9.59 Å². The van der Waals surface area contributed by atoms with Crippen LogP contribution in [0.3, 0.4) is 0 Å². The first-order chi connectivity index (χ1) is 14.4. The molecule has 0 fully saturated rings. The fourth-order valence-electron chi connectivity index (χ4n) is 3.14. The first-order valence-corrected chi connectivity index (χ1v) is 11.3. The molecule has 0 unspecified atom stereocenters. The highest BCUT2D eigenvalue weighted by Crippen LogP contribution is 2.24. The molecule has 0 atom stereocenters. The van der Waals surface area contributed by atoms with Crippen molar-refractivity contribution in [3.63, 3.8) is 0 Å². The smallest absolute Gasteiger partial charge is 0.271 e. The Kier molecular flexibility index (Phi) is 5.85. The monoisotopic (exact) mass is 454 g/mol. The number of para-hydroxylation sites is 1. The molecule has 0 bridgehead atoms. The number of hydrogen-bond donors (Lipinski definition) is 2. The predicted octanol–water partition coefficient (Wildman–Crippen LogP) is 4.85. The number of nitrogens with zero attached hydrogens (tertiary/aromatic N) is 2. The summed E-state index contributed by atoms with van der Waals surface area (Å²) in [6.45, 7) is 3.97. The molecular weight excluding hydrogens is 436 g/mol. The van der Waals surface area contributed by atoms with Crippen LogP contribution in [0, 0.1) is 17.8 Å². The van der Waals surface area contributed by atoms with Crippen LogP contribution in [0.15, 0.2) is 58.5 Å². The van der Waals surface area contributed by atoms with Crippen molar-refractivity contribution in [3.8, 4) is 5.69 Å². The van der Waals surface area contributed by atoms with Crippen molar-refractivity contribution in [2.75, 3.05) is 11.1 Å². The largest absolute Gasteiger partial charge is 0.325 e. The number of carbonyl (C=O) groups is 1. The van der Waals surface area contributed by atoms with E-state index in [1.54, 1.807) is 4.57 Å². The summed E-state index contributed by atoms with van der Waals surface area (Å²) in [5.41, 5.74) is 4.00. The maximum atomic E-state index is 12.5. The number of amides is 1. The topological polar surface area (TPSA) is 79.8 Å². The van der Waals surface area contributed by atoms with Gasteiger partial charge in [0.05, 0.1) is 5.75 Å². The average Bonchev–Trinajstić information content (AvgIpc) is 3.03. The van der Waals surface area contributed by atoms with Gasteiger partial charge < -0.3 is 10.3 Å². The molecule has 0 aliphatic heterocycles. The van der Waals surface area contributed by atoms with Gasteiger partial charge in [-0.25, -0.2) is 4.98 Å². The van der Waals surface area contributed by atoms with Gasteiger partial charge in [-0.15, -0.1) is 0 Å². The number of aromatic nitrogens is 3.